The van der Waals surface area contributed by atoms with Gasteiger partial charge in [0.1, 0.15) is 15.6 Å². The molecular formula is C14H18NO4P. The number of nitrogens with zero attached hydrogens (tertiary/aromatic N) is 1. The standard InChI is InChI=1S/C14H18NO4P/c1-15-20-19-12-10-17-9-11-18-14(16)8-7-13-5-3-2-4-6-13/h2-8,20H,1,9-12H2/b8-7+. The minimum absolute atomic E-state index is 0.0484. The average Bonchev–Trinajstić information content (AvgIpc) is 2.49. The summed E-state index contributed by atoms with van der Waals surface area (Å²) in [6, 6.07) is 9.55. The van der Waals surface area contributed by atoms with Gasteiger partial charge >= 0.3 is 5.97 Å². The zero-order valence-electron chi connectivity index (χ0n) is 11.2. The molecule has 0 aliphatic carbocycles. The maximum atomic E-state index is 11.4. The van der Waals surface area contributed by atoms with Crippen molar-refractivity contribution >= 4 is 27.7 Å². The van der Waals surface area contributed by atoms with Crippen LogP contribution >= 0.6 is 8.96 Å². The van der Waals surface area contributed by atoms with Gasteiger partial charge in [-0.2, -0.15) is 0 Å². The summed E-state index contributed by atoms with van der Waals surface area (Å²) >= 11 is 0. The van der Waals surface area contributed by atoms with Crippen LogP contribution in [0.25, 0.3) is 6.08 Å². The molecule has 0 bridgehead atoms. The molecule has 0 amide bonds. The molecule has 1 atom stereocenters. The zero-order chi connectivity index (χ0) is 14.5. The Morgan fingerprint density at radius 1 is 1.20 bits per heavy atom. The van der Waals surface area contributed by atoms with Gasteiger partial charge in [-0.25, -0.2) is 4.79 Å². The highest BCUT2D eigenvalue weighted by Gasteiger charge is 1.97. The van der Waals surface area contributed by atoms with Gasteiger partial charge in [-0.05, 0) is 18.4 Å². The van der Waals surface area contributed by atoms with Crippen molar-refractivity contribution in [3.8, 4) is 0 Å². The molecule has 0 aromatic heterocycles. The Hall–Kier alpha value is -1.55. The summed E-state index contributed by atoms with van der Waals surface area (Å²) in [5.41, 5.74) is 0.953. The Morgan fingerprint density at radius 2 is 1.95 bits per heavy atom. The van der Waals surface area contributed by atoms with Crippen LogP contribution in [0.3, 0.4) is 0 Å². The first kappa shape index (κ1) is 16.5. The molecule has 6 heteroatoms. The van der Waals surface area contributed by atoms with Crippen molar-refractivity contribution in [3.63, 3.8) is 0 Å². The fraction of sp³-hybridized carbons (Fsp3) is 0.286. The summed E-state index contributed by atoms with van der Waals surface area (Å²) in [5.74, 6) is -0.383. The second-order valence-corrected chi connectivity index (χ2v) is 4.41. The van der Waals surface area contributed by atoms with E-state index in [-0.39, 0.29) is 21.5 Å². The van der Waals surface area contributed by atoms with Gasteiger partial charge in [0.25, 0.3) is 0 Å². The van der Waals surface area contributed by atoms with Crippen LogP contribution < -0.4 is 0 Å². The topological polar surface area (TPSA) is 57.1 Å². The van der Waals surface area contributed by atoms with Crippen molar-refractivity contribution in [2.24, 2.45) is 4.76 Å². The van der Waals surface area contributed by atoms with E-state index in [2.05, 4.69) is 11.5 Å². The summed E-state index contributed by atoms with van der Waals surface area (Å²) in [5, 5.41) is 0. The van der Waals surface area contributed by atoms with E-state index >= 15 is 0 Å². The largest absolute Gasteiger partial charge is 0.460 e. The van der Waals surface area contributed by atoms with E-state index in [1.54, 1.807) is 6.08 Å². The van der Waals surface area contributed by atoms with Gasteiger partial charge < -0.3 is 14.0 Å². The predicted molar refractivity (Wildman–Crippen MR) is 81.1 cm³/mol. The lowest BCUT2D eigenvalue weighted by Gasteiger charge is -2.04. The molecule has 0 fully saturated rings. The van der Waals surface area contributed by atoms with Crippen LogP contribution in [0, 0.1) is 0 Å². The molecule has 0 spiro atoms. The van der Waals surface area contributed by atoms with Crippen molar-refractivity contribution in [1.82, 2.24) is 0 Å². The molecule has 1 rings (SSSR count). The SMILES string of the molecule is C=NPOCCOCCOC(=O)/C=C/c1ccccc1. The Morgan fingerprint density at radius 3 is 2.70 bits per heavy atom. The fourth-order valence-corrected chi connectivity index (χ4v) is 1.54. The molecule has 1 unspecified atom stereocenters. The number of carbonyl (C=O) groups is 1. The van der Waals surface area contributed by atoms with Gasteiger partial charge in [-0.3, -0.25) is 4.76 Å². The molecule has 0 N–H and O–H groups in total. The Kier molecular flexibility index (Phi) is 9.32. The first-order valence-electron chi connectivity index (χ1n) is 6.13. The smallest absolute Gasteiger partial charge is 0.330 e. The summed E-state index contributed by atoms with van der Waals surface area (Å²) in [7, 11) is 0.0484. The maximum Gasteiger partial charge on any atom is 0.330 e. The van der Waals surface area contributed by atoms with Crippen LogP contribution in [0.4, 0.5) is 0 Å². The number of benzene rings is 1. The second kappa shape index (κ2) is 11.3. The van der Waals surface area contributed by atoms with E-state index in [1.807, 2.05) is 30.3 Å². The van der Waals surface area contributed by atoms with Crippen LogP contribution in [0.2, 0.25) is 0 Å². The monoisotopic (exact) mass is 295 g/mol. The highest BCUT2D eigenvalue weighted by molar-refractivity contribution is 7.30. The molecule has 0 aliphatic heterocycles. The van der Waals surface area contributed by atoms with Crippen LogP contribution in [0.15, 0.2) is 41.2 Å². The van der Waals surface area contributed by atoms with Crippen molar-refractivity contribution in [2.75, 3.05) is 26.4 Å². The highest BCUT2D eigenvalue weighted by atomic mass is 31.1. The number of carbonyl (C=O) groups excluding carboxylic acids is 1. The van der Waals surface area contributed by atoms with Gasteiger partial charge in [0.15, 0.2) is 0 Å². The van der Waals surface area contributed by atoms with Gasteiger partial charge in [-0.15, -0.1) is 0 Å². The third-order valence-electron chi connectivity index (χ3n) is 2.14. The summed E-state index contributed by atoms with van der Waals surface area (Å²) < 4.78 is 18.8. The second-order valence-electron chi connectivity index (χ2n) is 3.62. The lowest BCUT2D eigenvalue weighted by atomic mass is 10.2. The molecule has 108 valence electrons. The van der Waals surface area contributed by atoms with E-state index in [1.165, 1.54) is 6.08 Å². The van der Waals surface area contributed by atoms with Crippen LogP contribution in [-0.4, -0.2) is 39.1 Å². The Labute approximate surface area is 120 Å². The molecule has 0 radical (unpaired) electrons. The number of hydrogen-bond donors (Lipinski definition) is 0. The predicted octanol–water partition coefficient (Wildman–Crippen LogP) is 2.49. The lowest BCUT2D eigenvalue weighted by molar-refractivity contribution is -0.139. The van der Waals surface area contributed by atoms with E-state index in [4.69, 9.17) is 14.0 Å². The normalized spacial score (nSPS) is 11.2. The van der Waals surface area contributed by atoms with Crippen LogP contribution in [-0.2, 0) is 18.8 Å². The number of hydrogen-bond acceptors (Lipinski definition) is 5. The minimum atomic E-state index is -0.383. The van der Waals surface area contributed by atoms with E-state index in [0.717, 1.165) is 5.56 Å². The molecule has 1 aromatic rings. The summed E-state index contributed by atoms with van der Waals surface area (Å²) in [6.45, 7) is 4.77. The molecule has 0 heterocycles. The summed E-state index contributed by atoms with van der Waals surface area (Å²) in [6.07, 6.45) is 3.11. The molecule has 0 saturated heterocycles. The number of rotatable bonds is 10. The lowest BCUT2D eigenvalue weighted by Crippen LogP contribution is -2.10. The molecular weight excluding hydrogens is 277 g/mol. The molecule has 1 aromatic carbocycles. The first-order valence-corrected chi connectivity index (χ1v) is 6.98. The third-order valence-corrected chi connectivity index (χ3v) is 2.60. The zero-order valence-corrected chi connectivity index (χ0v) is 12.2. The van der Waals surface area contributed by atoms with E-state index in [9.17, 15) is 4.79 Å². The molecule has 0 saturated carbocycles. The van der Waals surface area contributed by atoms with E-state index < -0.39 is 0 Å². The number of esters is 1. The third kappa shape index (κ3) is 8.53. The van der Waals surface area contributed by atoms with Crippen LogP contribution in [0.1, 0.15) is 5.56 Å². The highest BCUT2D eigenvalue weighted by Crippen LogP contribution is 2.09. The molecule has 5 nitrogen and oxygen atoms in total. The minimum Gasteiger partial charge on any atom is -0.460 e. The van der Waals surface area contributed by atoms with Crippen molar-refractivity contribution in [2.45, 2.75) is 0 Å². The van der Waals surface area contributed by atoms with Crippen molar-refractivity contribution in [3.05, 3.63) is 42.0 Å². The Balaban J connectivity index is 2.03. The first-order chi connectivity index (χ1) is 9.83. The van der Waals surface area contributed by atoms with Crippen molar-refractivity contribution in [1.29, 1.82) is 0 Å². The Bertz CT molecular complexity index is 422. The van der Waals surface area contributed by atoms with Gasteiger partial charge in [0.05, 0.1) is 19.8 Å². The van der Waals surface area contributed by atoms with Crippen molar-refractivity contribution < 1.29 is 18.8 Å². The van der Waals surface area contributed by atoms with Gasteiger partial charge in [0.2, 0.25) is 0 Å². The quantitative estimate of drug-likeness (QED) is 0.219. The van der Waals surface area contributed by atoms with Crippen LogP contribution in [0.5, 0.6) is 0 Å². The van der Waals surface area contributed by atoms with Gasteiger partial charge in [0, 0.05) is 6.08 Å². The fourth-order valence-electron chi connectivity index (χ4n) is 1.27. The summed E-state index contributed by atoms with van der Waals surface area (Å²) in [4.78, 5) is 11.4. The number of ether oxygens (including phenoxy) is 2. The molecule has 20 heavy (non-hydrogen) atoms. The maximum absolute atomic E-state index is 11.4. The van der Waals surface area contributed by atoms with Gasteiger partial charge in [-0.1, -0.05) is 30.3 Å². The average molecular weight is 295 g/mol. The molecule has 0 aliphatic rings. The van der Waals surface area contributed by atoms with E-state index in [0.29, 0.717) is 19.8 Å².